The van der Waals surface area contributed by atoms with Gasteiger partial charge in [-0.25, -0.2) is 0 Å². The monoisotopic (exact) mass is 199 g/mol. The molecule has 0 radical (unpaired) electrons. The van der Waals surface area contributed by atoms with Crippen molar-refractivity contribution in [2.45, 2.75) is 12.5 Å². The highest BCUT2D eigenvalue weighted by Gasteiger charge is 2.39. The number of rotatable bonds is 1. The summed E-state index contributed by atoms with van der Waals surface area (Å²) in [6, 6.07) is 6.95. The number of benzene rings is 1. The molecule has 1 aliphatic heterocycles. The normalized spacial score (nSPS) is 22.9. The summed E-state index contributed by atoms with van der Waals surface area (Å²) < 4.78 is 0. The van der Waals surface area contributed by atoms with Gasteiger partial charge in [-0.1, -0.05) is 24.3 Å². The number of carbonyl (C=O) groups is 2. The van der Waals surface area contributed by atoms with E-state index in [9.17, 15) is 9.59 Å². The molecule has 1 atom stereocenters. The van der Waals surface area contributed by atoms with Crippen LogP contribution in [-0.2, 0) is 0 Å². The van der Waals surface area contributed by atoms with Crippen molar-refractivity contribution in [3.63, 3.8) is 0 Å². The molecule has 0 bridgehead atoms. The van der Waals surface area contributed by atoms with E-state index in [0.717, 1.165) is 6.42 Å². The highest BCUT2D eigenvalue weighted by Crippen LogP contribution is 2.28. The minimum atomic E-state index is -0.162. The van der Waals surface area contributed by atoms with Crippen LogP contribution in [0.3, 0.4) is 0 Å². The number of imide groups is 1. The molecule has 74 valence electrons. The molecule has 3 heteroatoms. The van der Waals surface area contributed by atoms with E-state index >= 15 is 0 Å². The van der Waals surface area contributed by atoms with Gasteiger partial charge in [0.05, 0.1) is 17.2 Å². The molecule has 1 unspecified atom stereocenters. The van der Waals surface area contributed by atoms with Crippen molar-refractivity contribution in [3.05, 3.63) is 47.5 Å². The Morgan fingerprint density at radius 1 is 1.07 bits per heavy atom. The van der Waals surface area contributed by atoms with Gasteiger partial charge in [-0.3, -0.25) is 14.5 Å². The molecular formula is C12H9NO2. The van der Waals surface area contributed by atoms with Gasteiger partial charge >= 0.3 is 0 Å². The molecule has 0 N–H and O–H groups in total. The average molecular weight is 199 g/mol. The van der Waals surface area contributed by atoms with E-state index in [1.54, 1.807) is 24.3 Å². The Balaban J connectivity index is 2.08. The highest BCUT2D eigenvalue weighted by molar-refractivity contribution is 6.21. The van der Waals surface area contributed by atoms with Crippen molar-refractivity contribution in [2.75, 3.05) is 0 Å². The zero-order valence-electron chi connectivity index (χ0n) is 8.01. The molecule has 0 fully saturated rings. The number of nitrogens with zero attached hydrogens (tertiary/aromatic N) is 1. The third kappa shape index (κ3) is 1.00. The Kier molecular flexibility index (Phi) is 1.57. The first kappa shape index (κ1) is 8.41. The second-order valence-corrected chi connectivity index (χ2v) is 3.76. The summed E-state index contributed by atoms with van der Waals surface area (Å²) in [5.74, 6) is -0.324. The van der Waals surface area contributed by atoms with Crippen LogP contribution in [0.25, 0.3) is 0 Å². The van der Waals surface area contributed by atoms with Crippen molar-refractivity contribution >= 4 is 11.8 Å². The Morgan fingerprint density at radius 3 is 2.00 bits per heavy atom. The molecule has 3 rings (SSSR count). The first-order valence-electron chi connectivity index (χ1n) is 4.92. The third-order valence-electron chi connectivity index (χ3n) is 2.89. The van der Waals surface area contributed by atoms with Crippen LogP contribution >= 0.6 is 0 Å². The Hall–Kier alpha value is -1.90. The zero-order valence-corrected chi connectivity index (χ0v) is 8.01. The van der Waals surface area contributed by atoms with Crippen molar-refractivity contribution < 1.29 is 9.59 Å². The maximum atomic E-state index is 11.9. The Labute approximate surface area is 87.0 Å². The van der Waals surface area contributed by atoms with E-state index in [-0.39, 0.29) is 17.9 Å². The standard InChI is InChI=1S/C12H9NO2/c14-11-9-6-1-2-7-10(9)12(15)13(11)8-4-3-5-8/h1-4,6-8H,5H2. The second kappa shape index (κ2) is 2.79. The second-order valence-electron chi connectivity index (χ2n) is 3.76. The van der Waals surface area contributed by atoms with Gasteiger partial charge in [0, 0.05) is 0 Å². The fourth-order valence-electron chi connectivity index (χ4n) is 1.96. The quantitative estimate of drug-likeness (QED) is 0.509. The highest BCUT2D eigenvalue weighted by atomic mass is 16.2. The molecule has 1 aromatic rings. The summed E-state index contributed by atoms with van der Waals surface area (Å²) in [4.78, 5) is 25.2. The van der Waals surface area contributed by atoms with Crippen LogP contribution in [0.1, 0.15) is 27.1 Å². The Bertz CT molecular complexity index is 455. The topological polar surface area (TPSA) is 37.4 Å². The van der Waals surface area contributed by atoms with Gasteiger partial charge in [-0.05, 0) is 18.6 Å². The van der Waals surface area contributed by atoms with Crippen LogP contribution < -0.4 is 0 Å². The lowest BCUT2D eigenvalue weighted by Gasteiger charge is -2.26. The molecule has 0 saturated heterocycles. The molecule has 2 aliphatic rings. The van der Waals surface area contributed by atoms with E-state index in [0.29, 0.717) is 11.1 Å². The van der Waals surface area contributed by atoms with Crippen molar-refractivity contribution in [1.29, 1.82) is 0 Å². The van der Waals surface area contributed by atoms with E-state index in [2.05, 4.69) is 0 Å². The molecule has 0 aromatic heterocycles. The predicted molar refractivity (Wildman–Crippen MR) is 54.5 cm³/mol. The van der Waals surface area contributed by atoms with Gasteiger partial charge in [-0.15, -0.1) is 0 Å². The van der Waals surface area contributed by atoms with Crippen LogP contribution in [0.5, 0.6) is 0 Å². The van der Waals surface area contributed by atoms with Crippen LogP contribution in [0.15, 0.2) is 36.4 Å². The zero-order chi connectivity index (χ0) is 10.4. The van der Waals surface area contributed by atoms with Gasteiger partial charge in [0.1, 0.15) is 0 Å². The Morgan fingerprint density at radius 2 is 1.60 bits per heavy atom. The van der Waals surface area contributed by atoms with E-state index in [4.69, 9.17) is 0 Å². The van der Waals surface area contributed by atoms with Crippen molar-refractivity contribution in [1.82, 2.24) is 4.90 Å². The molecule has 2 amide bonds. The number of hydrogen-bond donors (Lipinski definition) is 0. The fraction of sp³-hybridized carbons (Fsp3) is 0.167. The smallest absolute Gasteiger partial charge is 0.262 e. The molecule has 0 saturated carbocycles. The molecule has 3 nitrogen and oxygen atoms in total. The number of carbonyl (C=O) groups excluding carboxylic acids is 2. The van der Waals surface area contributed by atoms with Gasteiger partial charge in [-0.2, -0.15) is 0 Å². The van der Waals surface area contributed by atoms with E-state index in [1.807, 2.05) is 12.2 Å². The molecule has 1 aromatic carbocycles. The number of hydrogen-bond acceptors (Lipinski definition) is 2. The third-order valence-corrected chi connectivity index (χ3v) is 2.89. The first-order valence-corrected chi connectivity index (χ1v) is 4.92. The fourth-order valence-corrected chi connectivity index (χ4v) is 1.96. The van der Waals surface area contributed by atoms with Crippen molar-refractivity contribution in [2.24, 2.45) is 0 Å². The van der Waals surface area contributed by atoms with Gasteiger partial charge in [0.15, 0.2) is 0 Å². The first-order chi connectivity index (χ1) is 7.29. The SMILES string of the molecule is O=C1c2ccccc2C(=O)N1C1C=CC1. The maximum Gasteiger partial charge on any atom is 0.262 e. The molecular weight excluding hydrogens is 190 g/mol. The lowest BCUT2D eigenvalue weighted by atomic mass is 10.0. The summed E-state index contributed by atoms with van der Waals surface area (Å²) >= 11 is 0. The summed E-state index contributed by atoms with van der Waals surface area (Å²) in [5, 5.41) is 0. The van der Waals surface area contributed by atoms with E-state index < -0.39 is 0 Å². The van der Waals surface area contributed by atoms with Crippen LogP contribution in [-0.4, -0.2) is 22.8 Å². The minimum absolute atomic E-state index is 0.0302. The summed E-state index contributed by atoms with van der Waals surface area (Å²) in [6.45, 7) is 0. The molecule has 15 heavy (non-hydrogen) atoms. The molecule has 1 aliphatic carbocycles. The molecule has 0 spiro atoms. The van der Waals surface area contributed by atoms with Gasteiger partial charge in [0.2, 0.25) is 0 Å². The van der Waals surface area contributed by atoms with Crippen LogP contribution in [0, 0.1) is 0 Å². The summed E-state index contributed by atoms with van der Waals surface area (Å²) in [6.07, 6.45) is 4.64. The number of fused-ring (bicyclic) bond motifs is 1. The minimum Gasteiger partial charge on any atom is -0.269 e. The van der Waals surface area contributed by atoms with E-state index in [1.165, 1.54) is 4.90 Å². The largest absolute Gasteiger partial charge is 0.269 e. The maximum absolute atomic E-state index is 11.9. The lowest BCUT2D eigenvalue weighted by Crippen LogP contribution is -2.40. The summed E-state index contributed by atoms with van der Waals surface area (Å²) in [7, 11) is 0. The average Bonchev–Trinajstić information content (AvgIpc) is 2.42. The van der Waals surface area contributed by atoms with Crippen molar-refractivity contribution in [3.8, 4) is 0 Å². The van der Waals surface area contributed by atoms with Crippen LogP contribution in [0.4, 0.5) is 0 Å². The number of amides is 2. The lowest BCUT2D eigenvalue weighted by molar-refractivity contribution is 0.0606. The molecule has 1 heterocycles. The summed E-state index contributed by atoms with van der Waals surface area (Å²) in [5.41, 5.74) is 1.06. The van der Waals surface area contributed by atoms with Gasteiger partial charge < -0.3 is 0 Å². The predicted octanol–water partition coefficient (Wildman–Crippen LogP) is 1.61. The van der Waals surface area contributed by atoms with Crippen LogP contribution in [0.2, 0.25) is 0 Å². The van der Waals surface area contributed by atoms with Gasteiger partial charge in [0.25, 0.3) is 11.8 Å².